The molecule has 1 rings (SSSR count). The van der Waals surface area contributed by atoms with Crippen LogP contribution >= 0.6 is 23.8 Å². The zero-order valence-corrected chi connectivity index (χ0v) is 5.72. The molecule has 0 fully saturated rings. The Bertz CT molecular complexity index is 167. The Labute approximate surface area is 58.8 Å². The van der Waals surface area contributed by atoms with Gasteiger partial charge in [-0.1, -0.05) is 29.9 Å². The number of hydrogen-bond acceptors (Lipinski definition) is 1. The maximum atomic E-state index is 5.54. The smallest absolute Gasteiger partial charge is 0.0492 e. The fourth-order valence-corrected chi connectivity index (χ4v) is 0.966. The van der Waals surface area contributed by atoms with Crippen LogP contribution in [0.5, 0.6) is 0 Å². The molecule has 0 aliphatic heterocycles. The predicted molar refractivity (Wildman–Crippen MR) is 39.0 cm³/mol. The van der Waals surface area contributed by atoms with Gasteiger partial charge in [-0.25, -0.2) is 0 Å². The molecule has 1 radical (unpaired) electrons. The Kier molecular flexibility index (Phi) is 1.81. The Morgan fingerprint density at radius 2 is 2.50 bits per heavy atom. The van der Waals surface area contributed by atoms with Gasteiger partial charge in [-0.15, -0.1) is 0 Å². The van der Waals surface area contributed by atoms with E-state index >= 15 is 0 Å². The minimum Gasteiger partial charge on any atom is -0.0845 e. The molecular formula is C6H4ClS. The van der Waals surface area contributed by atoms with Gasteiger partial charge in [0.25, 0.3) is 0 Å². The van der Waals surface area contributed by atoms with E-state index in [1.807, 2.05) is 6.08 Å². The number of rotatable bonds is 0. The molecule has 0 aromatic carbocycles. The minimum atomic E-state index is 0.612. The highest BCUT2D eigenvalue weighted by Crippen LogP contribution is 2.09. The van der Waals surface area contributed by atoms with E-state index in [0.29, 0.717) is 5.03 Å². The van der Waals surface area contributed by atoms with E-state index in [-0.39, 0.29) is 0 Å². The Morgan fingerprint density at radius 1 is 1.75 bits per heavy atom. The summed E-state index contributed by atoms with van der Waals surface area (Å²) in [6.07, 6.45) is 7.22. The summed E-state index contributed by atoms with van der Waals surface area (Å²) < 4.78 is 0. The van der Waals surface area contributed by atoms with E-state index in [0.717, 1.165) is 11.3 Å². The largest absolute Gasteiger partial charge is 0.0845 e. The van der Waals surface area contributed by atoms with Crippen LogP contribution in [0.25, 0.3) is 0 Å². The van der Waals surface area contributed by atoms with Crippen LogP contribution in [-0.4, -0.2) is 4.86 Å². The van der Waals surface area contributed by atoms with Gasteiger partial charge in [-0.05, 0) is 12.2 Å². The fourth-order valence-electron chi connectivity index (χ4n) is 0.491. The molecule has 0 bridgehead atoms. The van der Waals surface area contributed by atoms with Gasteiger partial charge in [0.2, 0.25) is 0 Å². The third-order valence-corrected chi connectivity index (χ3v) is 1.33. The van der Waals surface area contributed by atoms with Crippen molar-refractivity contribution in [1.29, 1.82) is 0 Å². The SMILES string of the molecule is S=C1C=C(Cl)[C]=CC1. The molecule has 41 valence electrons. The van der Waals surface area contributed by atoms with Gasteiger partial charge >= 0.3 is 0 Å². The quantitative estimate of drug-likeness (QED) is 0.469. The third kappa shape index (κ3) is 1.42. The number of thiocarbonyl (C=S) groups is 1. The first-order valence-electron chi connectivity index (χ1n) is 2.27. The summed E-state index contributed by atoms with van der Waals surface area (Å²) in [5, 5.41) is 0.612. The van der Waals surface area contributed by atoms with E-state index in [9.17, 15) is 0 Å². The highest BCUT2D eigenvalue weighted by atomic mass is 35.5. The van der Waals surface area contributed by atoms with Crippen LogP contribution < -0.4 is 0 Å². The van der Waals surface area contributed by atoms with Crippen molar-refractivity contribution >= 4 is 28.7 Å². The van der Waals surface area contributed by atoms with Crippen LogP contribution in [0.1, 0.15) is 6.42 Å². The molecule has 0 N–H and O–H groups in total. The van der Waals surface area contributed by atoms with Crippen molar-refractivity contribution in [2.24, 2.45) is 0 Å². The summed E-state index contributed by atoms with van der Waals surface area (Å²) in [5.41, 5.74) is 0. The predicted octanol–water partition coefficient (Wildman–Crippen LogP) is 2.24. The van der Waals surface area contributed by atoms with Gasteiger partial charge in [-0.3, -0.25) is 0 Å². The Hall–Kier alpha value is -0.140. The van der Waals surface area contributed by atoms with Crippen molar-refractivity contribution < 1.29 is 0 Å². The van der Waals surface area contributed by atoms with Crippen molar-refractivity contribution in [2.45, 2.75) is 6.42 Å². The lowest BCUT2D eigenvalue weighted by molar-refractivity contribution is 1.47. The number of halogens is 1. The van der Waals surface area contributed by atoms with Crippen LogP contribution in [-0.2, 0) is 0 Å². The van der Waals surface area contributed by atoms with Crippen LogP contribution in [0.4, 0.5) is 0 Å². The van der Waals surface area contributed by atoms with Crippen LogP contribution in [0, 0.1) is 6.08 Å². The maximum absolute atomic E-state index is 5.54. The van der Waals surface area contributed by atoms with Gasteiger partial charge in [-0.2, -0.15) is 0 Å². The topological polar surface area (TPSA) is 0 Å². The average Bonchev–Trinajstić information content (AvgIpc) is 1.64. The second-order valence-electron chi connectivity index (χ2n) is 1.51. The Balaban J connectivity index is 2.77. The second-order valence-corrected chi connectivity index (χ2v) is 2.44. The first-order chi connectivity index (χ1) is 3.79. The van der Waals surface area contributed by atoms with E-state index in [4.69, 9.17) is 23.8 Å². The van der Waals surface area contributed by atoms with Gasteiger partial charge in [0.15, 0.2) is 0 Å². The molecule has 8 heavy (non-hydrogen) atoms. The maximum Gasteiger partial charge on any atom is 0.0492 e. The molecule has 0 aromatic rings. The summed E-state index contributed by atoms with van der Waals surface area (Å²) in [7, 11) is 0. The summed E-state index contributed by atoms with van der Waals surface area (Å²) in [6, 6.07) is 0. The van der Waals surface area contributed by atoms with E-state index in [1.165, 1.54) is 0 Å². The highest BCUT2D eigenvalue weighted by Gasteiger charge is 1.96. The third-order valence-electron chi connectivity index (χ3n) is 0.831. The molecular weight excluding hydrogens is 140 g/mol. The molecule has 0 saturated carbocycles. The van der Waals surface area contributed by atoms with Crippen molar-refractivity contribution in [1.82, 2.24) is 0 Å². The summed E-state index contributed by atoms with van der Waals surface area (Å²) in [4.78, 5) is 0.883. The van der Waals surface area contributed by atoms with Crippen molar-refractivity contribution in [2.75, 3.05) is 0 Å². The molecule has 0 atom stereocenters. The summed E-state index contributed by atoms with van der Waals surface area (Å²) in [5.74, 6) is 0. The van der Waals surface area contributed by atoms with Crippen molar-refractivity contribution in [3.8, 4) is 0 Å². The molecule has 0 saturated heterocycles. The molecule has 2 heteroatoms. The van der Waals surface area contributed by atoms with Crippen molar-refractivity contribution in [3.05, 3.63) is 23.3 Å². The number of allylic oxidation sites excluding steroid dienone is 4. The number of hydrogen-bond donors (Lipinski definition) is 0. The van der Waals surface area contributed by atoms with Crippen LogP contribution in [0.2, 0.25) is 0 Å². The minimum absolute atomic E-state index is 0.612. The van der Waals surface area contributed by atoms with E-state index < -0.39 is 0 Å². The average molecular weight is 144 g/mol. The zero-order valence-electron chi connectivity index (χ0n) is 4.15. The standard InChI is InChI=1S/C6H4ClS/c7-5-2-1-3-6(8)4-5/h1,4H,3H2. The molecule has 0 nitrogen and oxygen atoms in total. The monoisotopic (exact) mass is 143 g/mol. The van der Waals surface area contributed by atoms with Crippen molar-refractivity contribution in [3.63, 3.8) is 0 Å². The lowest BCUT2D eigenvalue weighted by atomic mass is 10.2. The lowest BCUT2D eigenvalue weighted by Gasteiger charge is -1.96. The van der Waals surface area contributed by atoms with E-state index in [1.54, 1.807) is 6.08 Å². The second kappa shape index (κ2) is 2.42. The van der Waals surface area contributed by atoms with Crippen LogP contribution in [0.3, 0.4) is 0 Å². The zero-order chi connectivity index (χ0) is 5.98. The molecule has 0 heterocycles. The molecule has 1 aliphatic carbocycles. The molecule has 0 spiro atoms. The fraction of sp³-hybridized carbons (Fsp3) is 0.167. The normalized spacial score (nSPS) is 18.6. The molecule has 1 aliphatic rings. The highest BCUT2D eigenvalue weighted by molar-refractivity contribution is 7.80. The molecule has 0 unspecified atom stereocenters. The first-order valence-corrected chi connectivity index (χ1v) is 3.06. The van der Waals surface area contributed by atoms with Gasteiger partial charge in [0.1, 0.15) is 0 Å². The first kappa shape index (κ1) is 5.99. The van der Waals surface area contributed by atoms with Gasteiger partial charge in [0.05, 0.1) is 0 Å². The van der Waals surface area contributed by atoms with Gasteiger partial charge < -0.3 is 0 Å². The van der Waals surface area contributed by atoms with E-state index in [2.05, 4.69) is 6.08 Å². The molecule has 0 amide bonds. The summed E-state index contributed by atoms with van der Waals surface area (Å²) >= 11 is 10.4. The lowest BCUT2D eigenvalue weighted by Crippen LogP contribution is -1.90. The Morgan fingerprint density at radius 3 is 2.88 bits per heavy atom. The van der Waals surface area contributed by atoms with Crippen LogP contribution in [0.15, 0.2) is 17.2 Å². The molecule has 0 aromatic heterocycles. The van der Waals surface area contributed by atoms with Gasteiger partial charge in [0, 0.05) is 16.3 Å². The summed E-state index contributed by atoms with van der Waals surface area (Å²) in [6.45, 7) is 0.